The number of aromatic nitrogens is 2. The zero-order valence-corrected chi connectivity index (χ0v) is 7.14. The van der Waals surface area contributed by atoms with Gasteiger partial charge in [-0.05, 0) is 13.2 Å². The van der Waals surface area contributed by atoms with Gasteiger partial charge in [-0.15, -0.1) is 0 Å². The van der Waals surface area contributed by atoms with Crippen LogP contribution in [0.5, 0.6) is 5.75 Å². The molecule has 5 heteroatoms. The van der Waals surface area contributed by atoms with Crippen molar-refractivity contribution < 1.29 is 5.11 Å². The first-order valence-electron chi connectivity index (χ1n) is 3.02. The van der Waals surface area contributed by atoms with Gasteiger partial charge in [0.1, 0.15) is 0 Å². The van der Waals surface area contributed by atoms with Gasteiger partial charge in [0.25, 0.3) is 0 Å². The van der Waals surface area contributed by atoms with E-state index in [1.807, 2.05) is 6.26 Å². The minimum Gasteiger partial charge on any atom is -0.503 e. The van der Waals surface area contributed by atoms with Crippen molar-refractivity contribution in [2.75, 3.05) is 12.0 Å². The second-order valence-corrected chi connectivity index (χ2v) is 2.80. The molecule has 1 aromatic heterocycles. The lowest BCUT2D eigenvalue weighted by molar-refractivity contribution is 0.465. The largest absolute Gasteiger partial charge is 0.503 e. The van der Waals surface area contributed by atoms with Crippen LogP contribution in [-0.4, -0.2) is 21.3 Å². The fraction of sp³-hybridized carbons (Fsp3) is 0.333. The van der Waals surface area contributed by atoms with E-state index in [0.717, 1.165) is 0 Å². The third-order valence-electron chi connectivity index (χ3n) is 1.25. The van der Waals surface area contributed by atoms with Crippen molar-refractivity contribution in [3.8, 4) is 5.75 Å². The van der Waals surface area contributed by atoms with E-state index in [0.29, 0.717) is 10.9 Å². The van der Waals surface area contributed by atoms with Gasteiger partial charge in [0.05, 0.1) is 5.69 Å². The molecule has 60 valence electrons. The normalized spacial score (nSPS) is 10.0. The molecule has 0 atom stereocenters. The summed E-state index contributed by atoms with van der Waals surface area (Å²) in [5.41, 5.74) is 5.90. The maximum absolute atomic E-state index is 9.17. The van der Waals surface area contributed by atoms with E-state index in [9.17, 15) is 0 Å². The van der Waals surface area contributed by atoms with Gasteiger partial charge in [0.2, 0.25) is 0 Å². The Balaban J connectivity index is 3.21. The minimum atomic E-state index is -0.0252. The maximum Gasteiger partial charge on any atom is 0.189 e. The van der Waals surface area contributed by atoms with E-state index in [4.69, 9.17) is 10.8 Å². The molecule has 1 heterocycles. The molecule has 0 aliphatic rings. The van der Waals surface area contributed by atoms with E-state index in [1.165, 1.54) is 11.8 Å². The highest BCUT2D eigenvalue weighted by Gasteiger charge is 2.05. The quantitative estimate of drug-likeness (QED) is 0.483. The summed E-state index contributed by atoms with van der Waals surface area (Å²) in [4.78, 5) is 7.81. The lowest BCUT2D eigenvalue weighted by atomic mass is 10.4. The first-order chi connectivity index (χ1) is 5.15. The standard InChI is InChI=1S/C6H9N3OS/c1-3-4(10)5(7)9-6(8-3)11-2/h10H,1-2H3,(H2,7,8,9). The molecular weight excluding hydrogens is 162 g/mol. The monoisotopic (exact) mass is 171 g/mol. The molecule has 0 radical (unpaired) electrons. The summed E-state index contributed by atoms with van der Waals surface area (Å²) in [6, 6.07) is 0. The molecule has 0 unspecified atom stereocenters. The fourth-order valence-electron chi connectivity index (χ4n) is 0.654. The van der Waals surface area contributed by atoms with Gasteiger partial charge in [-0.3, -0.25) is 0 Å². The SMILES string of the molecule is CSc1nc(C)c(O)c(N)n1. The van der Waals surface area contributed by atoms with Crippen molar-refractivity contribution in [3.05, 3.63) is 5.69 Å². The lowest BCUT2D eigenvalue weighted by Crippen LogP contribution is -1.97. The van der Waals surface area contributed by atoms with Crippen LogP contribution in [-0.2, 0) is 0 Å². The Morgan fingerprint density at radius 3 is 2.55 bits per heavy atom. The summed E-state index contributed by atoms with van der Waals surface area (Å²) in [6.07, 6.45) is 1.85. The number of rotatable bonds is 1. The Morgan fingerprint density at radius 1 is 1.45 bits per heavy atom. The Labute approximate surface area is 68.9 Å². The van der Waals surface area contributed by atoms with E-state index >= 15 is 0 Å². The van der Waals surface area contributed by atoms with Crippen molar-refractivity contribution >= 4 is 17.6 Å². The van der Waals surface area contributed by atoms with Gasteiger partial charge >= 0.3 is 0 Å². The van der Waals surface area contributed by atoms with Crippen molar-refractivity contribution in [1.82, 2.24) is 9.97 Å². The van der Waals surface area contributed by atoms with Crippen molar-refractivity contribution in [3.63, 3.8) is 0 Å². The van der Waals surface area contributed by atoms with Crippen molar-refractivity contribution in [2.45, 2.75) is 12.1 Å². The Hall–Kier alpha value is -0.970. The van der Waals surface area contributed by atoms with Crippen molar-refractivity contribution in [1.29, 1.82) is 0 Å². The summed E-state index contributed by atoms with van der Waals surface area (Å²) in [6.45, 7) is 1.69. The number of nitrogens with two attached hydrogens (primary N) is 1. The molecule has 0 bridgehead atoms. The molecule has 0 aliphatic carbocycles. The molecule has 0 aliphatic heterocycles. The summed E-state index contributed by atoms with van der Waals surface area (Å²) in [7, 11) is 0. The van der Waals surface area contributed by atoms with Crippen LogP contribution >= 0.6 is 11.8 Å². The second kappa shape index (κ2) is 2.96. The van der Waals surface area contributed by atoms with E-state index < -0.39 is 0 Å². The average molecular weight is 171 g/mol. The highest BCUT2D eigenvalue weighted by atomic mass is 32.2. The van der Waals surface area contributed by atoms with Gasteiger partial charge in [0, 0.05) is 0 Å². The van der Waals surface area contributed by atoms with E-state index in [-0.39, 0.29) is 11.6 Å². The molecule has 0 aromatic carbocycles. The predicted octanol–water partition coefficient (Wildman–Crippen LogP) is 0.795. The van der Waals surface area contributed by atoms with Gasteiger partial charge in [-0.2, -0.15) is 0 Å². The maximum atomic E-state index is 9.17. The third-order valence-corrected chi connectivity index (χ3v) is 1.80. The summed E-state index contributed by atoms with van der Waals surface area (Å²) in [5.74, 6) is 0.115. The Bertz CT molecular complexity index is 254. The second-order valence-electron chi connectivity index (χ2n) is 2.03. The fourth-order valence-corrected chi connectivity index (χ4v) is 1.07. The molecule has 11 heavy (non-hydrogen) atoms. The summed E-state index contributed by atoms with van der Waals surface area (Å²) < 4.78 is 0. The number of aryl methyl sites for hydroxylation is 1. The number of hydrogen-bond donors (Lipinski definition) is 2. The van der Waals surface area contributed by atoms with Gasteiger partial charge in [-0.1, -0.05) is 11.8 Å². The molecule has 1 aromatic rings. The van der Waals surface area contributed by atoms with Crippen LogP contribution in [0.2, 0.25) is 0 Å². The molecule has 0 amide bonds. The number of nitrogens with zero attached hydrogens (tertiary/aromatic N) is 2. The van der Waals surface area contributed by atoms with Gasteiger partial charge < -0.3 is 10.8 Å². The topological polar surface area (TPSA) is 72.0 Å². The first kappa shape index (κ1) is 8.13. The van der Waals surface area contributed by atoms with Crippen LogP contribution in [0.3, 0.4) is 0 Å². The van der Waals surface area contributed by atoms with E-state index in [2.05, 4.69) is 9.97 Å². The Kier molecular flexibility index (Phi) is 2.19. The van der Waals surface area contributed by atoms with E-state index in [1.54, 1.807) is 6.92 Å². The molecule has 0 spiro atoms. The van der Waals surface area contributed by atoms with Crippen LogP contribution in [0.4, 0.5) is 5.82 Å². The zero-order valence-electron chi connectivity index (χ0n) is 6.33. The highest BCUT2D eigenvalue weighted by molar-refractivity contribution is 7.98. The number of hydrogen-bond acceptors (Lipinski definition) is 5. The number of nitrogen functional groups attached to an aromatic ring is 1. The smallest absolute Gasteiger partial charge is 0.189 e. The minimum absolute atomic E-state index is 0.0252. The Morgan fingerprint density at radius 2 is 2.09 bits per heavy atom. The average Bonchev–Trinajstić information content (AvgIpc) is 1.99. The summed E-state index contributed by atoms with van der Waals surface area (Å²) >= 11 is 1.39. The van der Waals surface area contributed by atoms with Crippen LogP contribution < -0.4 is 5.73 Å². The highest BCUT2D eigenvalue weighted by Crippen LogP contribution is 2.22. The van der Waals surface area contributed by atoms with Crippen LogP contribution in [0.25, 0.3) is 0 Å². The van der Waals surface area contributed by atoms with Gasteiger partial charge in [-0.25, -0.2) is 9.97 Å². The zero-order chi connectivity index (χ0) is 8.43. The first-order valence-corrected chi connectivity index (χ1v) is 4.24. The molecule has 3 N–H and O–H groups in total. The number of aromatic hydroxyl groups is 1. The molecule has 4 nitrogen and oxygen atoms in total. The molecule has 1 rings (SSSR count). The predicted molar refractivity (Wildman–Crippen MR) is 44.6 cm³/mol. The summed E-state index contributed by atoms with van der Waals surface area (Å²) in [5, 5.41) is 9.75. The van der Waals surface area contributed by atoms with Crippen LogP contribution in [0.1, 0.15) is 5.69 Å². The number of anilines is 1. The molecule has 0 fully saturated rings. The van der Waals surface area contributed by atoms with Crippen LogP contribution in [0.15, 0.2) is 5.16 Å². The molecular formula is C6H9N3OS. The third kappa shape index (κ3) is 1.54. The lowest BCUT2D eigenvalue weighted by Gasteiger charge is -2.02. The number of thioether (sulfide) groups is 1. The van der Waals surface area contributed by atoms with Crippen molar-refractivity contribution in [2.24, 2.45) is 0 Å². The van der Waals surface area contributed by atoms with Gasteiger partial charge in [0.15, 0.2) is 16.7 Å². The van der Waals surface area contributed by atoms with Crippen LogP contribution in [0, 0.1) is 6.92 Å². The molecule has 0 saturated heterocycles. The molecule has 0 saturated carbocycles.